The third kappa shape index (κ3) is 7.36. The summed E-state index contributed by atoms with van der Waals surface area (Å²) in [5.74, 6) is -0.256. The van der Waals surface area contributed by atoms with E-state index in [-0.39, 0.29) is 24.5 Å². The first-order chi connectivity index (χ1) is 7.58. The molecule has 4 nitrogen and oxygen atoms in total. The number of likely N-dealkylation sites (N-methyl/N-ethyl adjacent to an activating group) is 1. The van der Waals surface area contributed by atoms with Gasteiger partial charge in [0.25, 0.3) is 0 Å². The molecular formula is C12H22ClNO3. The number of esters is 1. The Balaban J connectivity index is 0.00000256. The summed E-state index contributed by atoms with van der Waals surface area (Å²) in [5.41, 5.74) is 1.10. The van der Waals surface area contributed by atoms with E-state index in [0.717, 1.165) is 37.8 Å². The van der Waals surface area contributed by atoms with Crippen LogP contribution in [0.3, 0.4) is 0 Å². The molecule has 17 heavy (non-hydrogen) atoms. The molecule has 0 radical (unpaired) electrons. The van der Waals surface area contributed by atoms with E-state index in [4.69, 9.17) is 4.74 Å². The third-order valence-electron chi connectivity index (χ3n) is 2.70. The fourth-order valence-corrected chi connectivity index (χ4v) is 1.65. The van der Waals surface area contributed by atoms with Crippen molar-refractivity contribution in [2.75, 3.05) is 27.2 Å². The Kier molecular flexibility index (Phi) is 8.21. The normalized spacial score (nSPS) is 19.8. The molecule has 0 spiro atoms. The van der Waals surface area contributed by atoms with Crippen LogP contribution >= 0.6 is 12.4 Å². The van der Waals surface area contributed by atoms with Gasteiger partial charge in [-0.1, -0.05) is 5.57 Å². The molecule has 1 fully saturated rings. The Hall–Kier alpha value is -0.580. The molecular weight excluding hydrogens is 242 g/mol. The fourth-order valence-electron chi connectivity index (χ4n) is 1.65. The molecule has 100 valence electrons. The lowest BCUT2D eigenvalue weighted by atomic mass is 9.92. The number of aliphatic hydroxyl groups excluding tert-OH is 1. The molecule has 0 atom stereocenters. The van der Waals surface area contributed by atoms with E-state index in [0.29, 0.717) is 6.61 Å². The van der Waals surface area contributed by atoms with Gasteiger partial charge in [0.2, 0.25) is 0 Å². The van der Waals surface area contributed by atoms with Crippen molar-refractivity contribution in [3.8, 4) is 0 Å². The van der Waals surface area contributed by atoms with Crippen LogP contribution in [0.4, 0.5) is 0 Å². The first-order valence-corrected chi connectivity index (χ1v) is 5.77. The van der Waals surface area contributed by atoms with Gasteiger partial charge in [0.05, 0.1) is 6.10 Å². The highest BCUT2D eigenvalue weighted by Gasteiger charge is 2.14. The van der Waals surface area contributed by atoms with Gasteiger partial charge in [-0.15, -0.1) is 12.4 Å². The molecule has 1 aliphatic carbocycles. The zero-order valence-corrected chi connectivity index (χ0v) is 11.3. The molecule has 1 aliphatic rings. The van der Waals surface area contributed by atoms with Crippen LogP contribution in [0, 0.1) is 0 Å². The maximum Gasteiger partial charge on any atom is 0.330 e. The lowest BCUT2D eigenvalue weighted by Gasteiger charge is -2.18. The summed E-state index contributed by atoms with van der Waals surface area (Å²) in [5, 5.41) is 9.31. The van der Waals surface area contributed by atoms with Crippen molar-refractivity contribution in [1.82, 2.24) is 4.90 Å². The van der Waals surface area contributed by atoms with Crippen molar-refractivity contribution in [2.45, 2.75) is 31.8 Å². The number of halogens is 1. The summed E-state index contributed by atoms with van der Waals surface area (Å²) >= 11 is 0. The van der Waals surface area contributed by atoms with Gasteiger partial charge >= 0.3 is 5.97 Å². The number of nitrogens with zero attached hydrogens (tertiary/aromatic N) is 1. The Morgan fingerprint density at radius 3 is 2.59 bits per heavy atom. The zero-order valence-electron chi connectivity index (χ0n) is 10.5. The van der Waals surface area contributed by atoms with Gasteiger partial charge in [-0.2, -0.15) is 0 Å². The van der Waals surface area contributed by atoms with Gasteiger partial charge in [0, 0.05) is 12.6 Å². The molecule has 0 bridgehead atoms. The summed E-state index contributed by atoms with van der Waals surface area (Å²) in [6.45, 7) is 1.17. The molecule has 0 aromatic carbocycles. The predicted octanol–water partition coefficient (Wildman–Crippen LogP) is 1.37. The van der Waals surface area contributed by atoms with E-state index in [1.165, 1.54) is 0 Å². The van der Waals surface area contributed by atoms with Crippen molar-refractivity contribution in [1.29, 1.82) is 0 Å². The van der Waals surface area contributed by atoms with Crippen LogP contribution in [0.2, 0.25) is 0 Å². The topological polar surface area (TPSA) is 49.8 Å². The Labute approximate surface area is 109 Å². The van der Waals surface area contributed by atoms with Crippen LogP contribution in [0.15, 0.2) is 11.6 Å². The van der Waals surface area contributed by atoms with Crippen LogP contribution in [-0.4, -0.2) is 49.3 Å². The van der Waals surface area contributed by atoms with Crippen molar-refractivity contribution in [3.63, 3.8) is 0 Å². The van der Waals surface area contributed by atoms with E-state index in [2.05, 4.69) is 0 Å². The number of carbonyl (C=O) groups is 1. The monoisotopic (exact) mass is 263 g/mol. The van der Waals surface area contributed by atoms with Gasteiger partial charge in [-0.3, -0.25) is 0 Å². The molecule has 0 unspecified atom stereocenters. The summed E-state index contributed by atoms with van der Waals surface area (Å²) < 4.78 is 5.06. The van der Waals surface area contributed by atoms with E-state index in [1.807, 2.05) is 19.0 Å². The minimum Gasteiger partial charge on any atom is -0.461 e. The summed E-state index contributed by atoms with van der Waals surface area (Å²) in [4.78, 5) is 13.4. The van der Waals surface area contributed by atoms with Gasteiger partial charge in [-0.05, 0) is 39.8 Å². The highest BCUT2D eigenvalue weighted by Crippen LogP contribution is 2.23. The molecule has 1 N–H and O–H groups in total. The second kappa shape index (κ2) is 8.50. The fraction of sp³-hybridized carbons (Fsp3) is 0.750. The Bertz CT molecular complexity index is 256. The zero-order chi connectivity index (χ0) is 12.0. The Morgan fingerprint density at radius 2 is 2.06 bits per heavy atom. The maximum atomic E-state index is 11.4. The third-order valence-corrected chi connectivity index (χ3v) is 2.70. The molecule has 0 aromatic rings. The van der Waals surface area contributed by atoms with Crippen molar-refractivity contribution in [2.24, 2.45) is 0 Å². The Morgan fingerprint density at radius 1 is 1.47 bits per heavy atom. The molecule has 5 heteroatoms. The quantitative estimate of drug-likeness (QED) is 0.615. The second-order valence-corrected chi connectivity index (χ2v) is 4.50. The number of aliphatic hydroxyl groups is 1. The van der Waals surface area contributed by atoms with Crippen LogP contribution in [-0.2, 0) is 9.53 Å². The van der Waals surface area contributed by atoms with Crippen LogP contribution in [0.25, 0.3) is 0 Å². The smallest absolute Gasteiger partial charge is 0.330 e. The molecule has 0 saturated heterocycles. The second-order valence-electron chi connectivity index (χ2n) is 4.50. The van der Waals surface area contributed by atoms with Gasteiger partial charge in [0.1, 0.15) is 6.61 Å². The minimum atomic E-state index is -0.256. The summed E-state index contributed by atoms with van der Waals surface area (Å²) in [6, 6.07) is 0. The summed E-state index contributed by atoms with van der Waals surface area (Å²) in [7, 11) is 3.88. The van der Waals surface area contributed by atoms with Crippen LogP contribution in [0.1, 0.15) is 25.7 Å². The first-order valence-electron chi connectivity index (χ1n) is 5.77. The first kappa shape index (κ1) is 16.4. The van der Waals surface area contributed by atoms with E-state index in [1.54, 1.807) is 6.08 Å². The molecule has 0 aliphatic heterocycles. The lowest BCUT2D eigenvalue weighted by molar-refractivity contribution is -0.138. The number of allylic oxidation sites excluding steroid dienone is 1. The lowest BCUT2D eigenvalue weighted by Crippen LogP contribution is -2.20. The highest BCUT2D eigenvalue weighted by atomic mass is 35.5. The van der Waals surface area contributed by atoms with E-state index < -0.39 is 0 Å². The van der Waals surface area contributed by atoms with Crippen LogP contribution in [0.5, 0.6) is 0 Å². The maximum absolute atomic E-state index is 11.4. The highest BCUT2D eigenvalue weighted by molar-refractivity contribution is 5.85. The van der Waals surface area contributed by atoms with Crippen molar-refractivity contribution < 1.29 is 14.6 Å². The van der Waals surface area contributed by atoms with E-state index in [9.17, 15) is 9.90 Å². The van der Waals surface area contributed by atoms with Crippen molar-refractivity contribution >= 4 is 18.4 Å². The van der Waals surface area contributed by atoms with Crippen molar-refractivity contribution in [3.05, 3.63) is 11.6 Å². The van der Waals surface area contributed by atoms with Gasteiger partial charge in [-0.25, -0.2) is 4.79 Å². The van der Waals surface area contributed by atoms with Gasteiger partial charge < -0.3 is 14.7 Å². The summed E-state index contributed by atoms with van der Waals surface area (Å²) in [6.07, 6.45) is 4.53. The number of ether oxygens (including phenoxy) is 1. The largest absolute Gasteiger partial charge is 0.461 e. The number of rotatable bonds is 4. The van der Waals surface area contributed by atoms with E-state index >= 15 is 0 Å². The number of hydrogen-bond acceptors (Lipinski definition) is 4. The number of hydrogen-bond donors (Lipinski definition) is 1. The average molecular weight is 264 g/mol. The number of carbonyl (C=O) groups excluding carboxylic acids is 1. The van der Waals surface area contributed by atoms with Gasteiger partial charge in [0.15, 0.2) is 0 Å². The SMILES string of the molecule is CN(C)CCOC(=O)C=C1CCC(O)CC1.Cl. The minimum absolute atomic E-state index is 0. The molecule has 0 heterocycles. The molecule has 0 aromatic heterocycles. The predicted molar refractivity (Wildman–Crippen MR) is 69.3 cm³/mol. The molecule has 1 saturated carbocycles. The standard InChI is InChI=1S/C12H21NO3.ClH/c1-13(2)7-8-16-12(15)9-10-3-5-11(14)6-4-10;/h9,11,14H,3-8H2,1-2H3;1H. The molecule has 1 rings (SSSR count). The van der Waals surface area contributed by atoms with Crippen LogP contribution < -0.4 is 0 Å². The average Bonchev–Trinajstić information content (AvgIpc) is 2.21. The molecule has 0 amide bonds.